The molecule has 0 aliphatic carbocycles. The summed E-state index contributed by atoms with van der Waals surface area (Å²) in [7, 11) is 1.69. The van der Waals surface area contributed by atoms with Gasteiger partial charge < -0.3 is 15.4 Å². The highest BCUT2D eigenvalue weighted by atomic mass is 35.5. The number of hydrogen-bond donors (Lipinski definition) is 2. The summed E-state index contributed by atoms with van der Waals surface area (Å²) in [5.41, 5.74) is 0.962. The van der Waals surface area contributed by atoms with E-state index >= 15 is 0 Å². The molecule has 0 aliphatic heterocycles. The fourth-order valence-electron chi connectivity index (χ4n) is 1.82. The standard InChI is InChI=1S/C15H23Cl2N3O/c1-3-18-15(19-9-5-11-21-2)20-10-8-12-13(16)6-4-7-14(12)17/h4,6-7H,3,5,8-11H2,1-2H3,(H2,18,19,20). The largest absolute Gasteiger partial charge is 0.385 e. The van der Waals surface area contributed by atoms with Gasteiger partial charge >= 0.3 is 0 Å². The molecule has 0 atom stereocenters. The molecule has 2 N–H and O–H groups in total. The number of halogens is 2. The minimum atomic E-state index is 0.700. The van der Waals surface area contributed by atoms with E-state index in [1.54, 1.807) is 7.11 Å². The molecule has 0 heterocycles. The average molecular weight is 332 g/mol. The molecule has 118 valence electrons. The van der Waals surface area contributed by atoms with Crippen LogP contribution in [0.4, 0.5) is 0 Å². The van der Waals surface area contributed by atoms with Gasteiger partial charge in [0.2, 0.25) is 0 Å². The van der Waals surface area contributed by atoms with Gasteiger partial charge in [-0.05, 0) is 37.5 Å². The lowest BCUT2D eigenvalue weighted by atomic mass is 10.1. The highest BCUT2D eigenvalue weighted by Crippen LogP contribution is 2.24. The summed E-state index contributed by atoms with van der Waals surface area (Å²) in [5, 5.41) is 7.89. The van der Waals surface area contributed by atoms with Gasteiger partial charge in [-0.2, -0.15) is 0 Å². The smallest absolute Gasteiger partial charge is 0.191 e. The van der Waals surface area contributed by atoms with Crippen LogP contribution in [-0.2, 0) is 11.2 Å². The number of hydrogen-bond acceptors (Lipinski definition) is 2. The van der Waals surface area contributed by atoms with Crippen molar-refractivity contribution in [2.75, 3.05) is 33.4 Å². The quantitative estimate of drug-likeness (QED) is 0.437. The first-order chi connectivity index (χ1) is 10.2. The van der Waals surface area contributed by atoms with Crippen molar-refractivity contribution in [3.05, 3.63) is 33.8 Å². The first-order valence-electron chi connectivity index (χ1n) is 7.13. The Kier molecular flexibility index (Phi) is 9.22. The van der Waals surface area contributed by atoms with Crippen molar-refractivity contribution in [1.29, 1.82) is 0 Å². The maximum atomic E-state index is 6.15. The topological polar surface area (TPSA) is 45.7 Å². The summed E-state index contributed by atoms with van der Waals surface area (Å²) in [6.45, 7) is 5.04. The number of ether oxygens (including phenoxy) is 1. The average Bonchev–Trinajstić information content (AvgIpc) is 2.46. The van der Waals surface area contributed by atoms with Crippen molar-refractivity contribution in [1.82, 2.24) is 10.6 Å². The molecule has 21 heavy (non-hydrogen) atoms. The van der Waals surface area contributed by atoms with E-state index in [-0.39, 0.29) is 0 Å². The number of benzene rings is 1. The fourth-order valence-corrected chi connectivity index (χ4v) is 2.40. The number of aliphatic imine (C=N–C) groups is 1. The number of nitrogens with one attached hydrogen (secondary N) is 2. The summed E-state index contributed by atoms with van der Waals surface area (Å²) in [6.07, 6.45) is 1.66. The van der Waals surface area contributed by atoms with Gasteiger partial charge in [-0.25, -0.2) is 0 Å². The summed E-state index contributed by atoms with van der Waals surface area (Å²) in [4.78, 5) is 4.48. The molecule has 0 aliphatic rings. The van der Waals surface area contributed by atoms with Gasteiger partial charge in [0.1, 0.15) is 0 Å². The molecule has 0 bridgehead atoms. The van der Waals surface area contributed by atoms with Gasteiger partial charge in [0.15, 0.2) is 5.96 Å². The normalized spacial score (nSPS) is 11.5. The zero-order chi connectivity index (χ0) is 15.5. The Morgan fingerprint density at radius 2 is 1.95 bits per heavy atom. The maximum Gasteiger partial charge on any atom is 0.191 e. The second-order valence-electron chi connectivity index (χ2n) is 4.48. The van der Waals surface area contributed by atoms with E-state index in [1.165, 1.54) is 0 Å². The first kappa shape index (κ1) is 18.1. The van der Waals surface area contributed by atoms with Crippen LogP contribution in [0.25, 0.3) is 0 Å². The lowest BCUT2D eigenvalue weighted by Crippen LogP contribution is -2.38. The summed E-state index contributed by atoms with van der Waals surface area (Å²) in [6, 6.07) is 5.56. The van der Waals surface area contributed by atoms with Crippen LogP contribution in [0.2, 0.25) is 10.0 Å². The molecule has 0 saturated heterocycles. The van der Waals surface area contributed by atoms with E-state index in [4.69, 9.17) is 27.9 Å². The summed E-state index contributed by atoms with van der Waals surface area (Å²) >= 11 is 12.3. The van der Waals surface area contributed by atoms with Crippen LogP contribution >= 0.6 is 23.2 Å². The molecule has 1 aromatic rings. The van der Waals surface area contributed by atoms with E-state index < -0.39 is 0 Å². The minimum absolute atomic E-state index is 0.700. The molecule has 4 nitrogen and oxygen atoms in total. The van der Waals surface area contributed by atoms with Crippen molar-refractivity contribution < 1.29 is 4.74 Å². The lowest BCUT2D eigenvalue weighted by Gasteiger charge is -2.12. The fraction of sp³-hybridized carbons (Fsp3) is 0.533. The molecule has 0 radical (unpaired) electrons. The van der Waals surface area contributed by atoms with Gasteiger partial charge in [0.25, 0.3) is 0 Å². The van der Waals surface area contributed by atoms with Crippen LogP contribution < -0.4 is 10.6 Å². The molecule has 1 rings (SSSR count). The highest BCUT2D eigenvalue weighted by Gasteiger charge is 2.05. The van der Waals surface area contributed by atoms with Gasteiger partial charge in [0.05, 0.1) is 0 Å². The molecular formula is C15H23Cl2N3O. The number of nitrogens with zero attached hydrogens (tertiary/aromatic N) is 1. The third-order valence-corrected chi connectivity index (χ3v) is 3.56. The molecule has 0 aromatic heterocycles. The molecule has 6 heteroatoms. The Bertz CT molecular complexity index is 432. The molecule has 0 saturated carbocycles. The monoisotopic (exact) mass is 331 g/mol. The highest BCUT2D eigenvalue weighted by molar-refractivity contribution is 6.35. The van der Waals surface area contributed by atoms with Gasteiger partial charge in [-0.1, -0.05) is 29.3 Å². The Morgan fingerprint density at radius 3 is 2.57 bits per heavy atom. The van der Waals surface area contributed by atoms with Crippen LogP contribution in [0.5, 0.6) is 0 Å². The molecule has 0 unspecified atom stereocenters. The van der Waals surface area contributed by atoms with Gasteiger partial charge in [-0.15, -0.1) is 0 Å². The number of rotatable bonds is 8. The maximum absolute atomic E-state index is 6.15. The van der Waals surface area contributed by atoms with Crippen molar-refractivity contribution in [2.24, 2.45) is 4.99 Å². The van der Waals surface area contributed by atoms with E-state index in [9.17, 15) is 0 Å². The van der Waals surface area contributed by atoms with Crippen molar-refractivity contribution in [3.8, 4) is 0 Å². The predicted molar refractivity (Wildman–Crippen MR) is 90.6 cm³/mol. The lowest BCUT2D eigenvalue weighted by molar-refractivity contribution is 0.197. The molecule has 1 aromatic carbocycles. The van der Waals surface area contributed by atoms with Crippen molar-refractivity contribution >= 4 is 29.2 Å². The molecule has 0 spiro atoms. The van der Waals surface area contributed by atoms with Gasteiger partial charge in [0, 0.05) is 43.4 Å². The van der Waals surface area contributed by atoms with Crippen LogP contribution in [0, 0.1) is 0 Å². The molecular weight excluding hydrogens is 309 g/mol. The zero-order valence-corrected chi connectivity index (χ0v) is 14.1. The summed E-state index contributed by atoms with van der Waals surface area (Å²) in [5.74, 6) is 0.803. The van der Waals surface area contributed by atoms with E-state index in [2.05, 4.69) is 15.6 Å². The number of guanidine groups is 1. The Hall–Kier alpha value is -0.970. The van der Waals surface area contributed by atoms with E-state index in [0.717, 1.165) is 50.6 Å². The second-order valence-corrected chi connectivity index (χ2v) is 5.30. The Balaban J connectivity index is 2.46. The second kappa shape index (κ2) is 10.7. The van der Waals surface area contributed by atoms with Gasteiger partial charge in [-0.3, -0.25) is 4.99 Å². The van der Waals surface area contributed by atoms with Crippen LogP contribution in [0.1, 0.15) is 18.9 Å². The zero-order valence-electron chi connectivity index (χ0n) is 12.6. The molecule has 0 amide bonds. The number of methoxy groups -OCH3 is 1. The predicted octanol–water partition coefficient (Wildman–Crippen LogP) is 3.13. The van der Waals surface area contributed by atoms with E-state index in [1.807, 2.05) is 25.1 Å². The minimum Gasteiger partial charge on any atom is -0.385 e. The Morgan fingerprint density at radius 1 is 1.24 bits per heavy atom. The van der Waals surface area contributed by atoms with E-state index in [0.29, 0.717) is 10.0 Å². The summed E-state index contributed by atoms with van der Waals surface area (Å²) < 4.78 is 5.01. The van der Waals surface area contributed by atoms with Crippen LogP contribution in [0.3, 0.4) is 0 Å². The third kappa shape index (κ3) is 7.02. The SMILES string of the molecule is CCNC(=NCCCOC)NCCc1c(Cl)cccc1Cl. The van der Waals surface area contributed by atoms with Crippen LogP contribution in [0.15, 0.2) is 23.2 Å². The first-order valence-corrected chi connectivity index (χ1v) is 7.88. The van der Waals surface area contributed by atoms with Crippen LogP contribution in [-0.4, -0.2) is 39.3 Å². The van der Waals surface area contributed by atoms with Crippen molar-refractivity contribution in [2.45, 2.75) is 19.8 Å². The van der Waals surface area contributed by atoms with Crippen molar-refractivity contribution in [3.63, 3.8) is 0 Å². The Labute approximate surface area is 136 Å². The third-order valence-electron chi connectivity index (χ3n) is 2.85. The molecule has 0 fully saturated rings.